The van der Waals surface area contributed by atoms with Crippen LogP contribution in [-0.4, -0.2) is 19.6 Å². The fraction of sp³-hybridized carbons (Fsp3) is 0.311. The average molecular weight is 1050 g/mol. The summed E-state index contributed by atoms with van der Waals surface area (Å²) >= 11 is 0. The zero-order valence-corrected chi connectivity index (χ0v) is 43.6. The molecule has 2 aromatic heterocycles. The molecule has 0 fully saturated rings. The van der Waals surface area contributed by atoms with Gasteiger partial charge in [-0.2, -0.15) is 0 Å². The third-order valence-electron chi connectivity index (χ3n) is 12.7. The van der Waals surface area contributed by atoms with Crippen molar-refractivity contribution in [3.05, 3.63) is 167 Å². The van der Waals surface area contributed by atoms with E-state index in [0.717, 1.165) is 83.6 Å². The quantitative estimate of drug-likeness (QED) is 0.162. The molecule has 0 atom stereocenters. The predicted octanol–water partition coefficient (Wildman–Crippen LogP) is 16.6. The summed E-state index contributed by atoms with van der Waals surface area (Å²) in [6, 6.07) is 48.6. The Morgan fingerprint density at radius 1 is 0.561 bits per heavy atom. The van der Waals surface area contributed by atoms with E-state index in [1.807, 2.05) is 26.1 Å². The van der Waals surface area contributed by atoms with Gasteiger partial charge in [0, 0.05) is 45.6 Å². The molecule has 0 amide bonds. The van der Waals surface area contributed by atoms with Crippen LogP contribution in [0.5, 0.6) is 5.75 Å². The van der Waals surface area contributed by atoms with Crippen molar-refractivity contribution in [2.45, 2.75) is 124 Å². The van der Waals surface area contributed by atoms with E-state index in [1.54, 1.807) is 0 Å². The Morgan fingerprint density at radius 2 is 1.18 bits per heavy atom. The van der Waals surface area contributed by atoms with Gasteiger partial charge >= 0.3 is 0 Å². The summed E-state index contributed by atoms with van der Waals surface area (Å²) in [7, 11) is 0. The molecule has 0 saturated heterocycles. The number of pyridine rings is 1. The van der Waals surface area contributed by atoms with Gasteiger partial charge < -0.3 is 5.11 Å². The van der Waals surface area contributed by atoms with Crippen LogP contribution < -0.4 is 0 Å². The largest absolute Gasteiger partial charge is 0.507 e. The molecule has 0 radical (unpaired) electrons. The molecule has 0 unspecified atom stereocenters. The Kier molecular flexibility index (Phi) is 12.7. The minimum Gasteiger partial charge on any atom is -0.507 e. The van der Waals surface area contributed by atoms with Crippen LogP contribution in [0.4, 0.5) is 0 Å². The Balaban J connectivity index is 0.00000666. The summed E-state index contributed by atoms with van der Waals surface area (Å²) in [5, 5.41) is 12.5. The molecule has 8 aromatic rings. The van der Waals surface area contributed by atoms with Gasteiger partial charge in [0.2, 0.25) is 0 Å². The van der Waals surface area contributed by atoms with Crippen LogP contribution in [0.2, 0.25) is 0 Å². The molecule has 8 rings (SSSR count). The maximum Gasteiger partial charge on any atom is 0.148 e. The molecule has 1 N–H and O–H groups in total. The first-order valence-corrected chi connectivity index (χ1v) is 23.1. The maximum atomic E-state index is 12.5. The van der Waals surface area contributed by atoms with Crippen molar-refractivity contribution in [3.63, 3.8) is 0 Å². The van der Waals surface area contributed by atoms with Crippen LogP contribution in [0, 0.1) is 6.07 Å². The zero-order chi connectivity index (χ0) is 47.7. The van der Waals surface area contributed by atoms with E-state index < -0.39 is 5.89 Å². The van der Waals surface area contributed by atoms with Crippen molar-refractivity contribution in [2.75, 3.05) is 0 Å². The number of imidazole rings is 1. The monoisotopic (exact) mass is 1050 g/mol. The number of phenols is 1. The molecular weight excluding hydrogens is 986 g/mol. The van der Waals surface area contributed by atoms with Crippen LogP contribution in [0.1, 0.15) is 132 Å². The smallest absolute Gasteiger partial charge is 0.148 e. The van der Waals surface area contributed by atoms with Gasteiger partial charge in [0.15, 0.2) is 0 Å². The van der Waals surface area contributed by atoms with Crippen LogP contribution in [0.25, 0.3) is 72.7 Å². The van der Waals surface area contributed by atoms with E-state index in [-0.39, 0.29) is 48.5 Å². The van der Waals surface area contributed by atoms with Crippen molar-refractivity contribution in [3.8, 4) is 67.5 Å². The van der Waals surface area contributed by atoms with Gasteiger partial charge in [-0.15, -0.1) is 29.3 Å². The number of aromatic hydroxyl groups is 1. The molecular formula is C61H66N3OPt-. The summed E-state index contributed by atoms with van der Waals surface area (Å²) in [4.78, 5) is 10.5. The molecule has 66 heavy (non-hydrogen) atoms. The first kappa shape index (κ1) is 46.9. The van der Waals surface area contributed by atoms with E-state index in [0.29, 0.717) is 11.4 Å². The molecule has 0 spiro atoms. The van der Waals surface area contributed by atoms with Gasteiger partial charge in [0.1, 0.15) is 11.6 Å². The van der Waals surface area contributed by atoms with E-state index in [9.17, 15) is 6.48 Å². The number of benzene rings is 6. The number of phenolic OH excluding ortho intramolecular Hbond substituents is 1. The van der Waals surface area contributed by atoms with Gasteiger partial charge in [-0.1, -0.05) is 193 Å². The Morgan fingerprint density at radius 3 is 1.83 bits per heavy atom. The number of fused-ring (bicyclic) bond motifs is 1. The molecule has 2 heterocycles. The van der Waals surface area contributed by atoms with Crippen LogP contribution >= 0.6 is 0 Å². The number of rotatable bonds is 7. The van der Waals surface area contributed by atoms with Crippen LogP contribution in [0.15, 0.2) is 134 Å². The standard InChI is InChI=1S/C61H66N3O.Pt/c1-38(2)49-37-45(27-28-47(49)48-23-18-19-25-51(48)60(9,10)11)64-54-26-20-24-46(55(54)63-57(64)50-35-44(59(6,7)8)36-52(56(50)65)61(12,13)14)41-31-42(33-43(32-41)58(3,4)5)53-34-40(29-30-62-53)39-21-16-15-17-22-39;/h15-30,32-38,65H,1-14H3;/q-1;/i38D;. The van der Waals surface area contributed by atoms with Crippen LogP contribution in [-0.2, 0) is 42.7 Å². The Bertz CT molecular complexity index is 3110. The van der Waals surface area contributed by atoms with E-state index in [1.165, 1.54) is 5.56 Å². The number of nitrogens with zero attached hydrogens (tertiary/aromatic N) is 3. The second-order valence-electron chi connectivity index (χ2n) is 22.1. The molecule has 0 saturated carbocycles. The molecule has 5 heteroatoms. The summed E-state index contributed by atoms with van der Waals surface area (Å²) < 4.78 is 11.8. The third kappa shape index (κ3) is 9.50. The normalized spacial score (nSPS) is 12.8. The van der Waals surface area contributed by atoms with E-state index in [2.05, 4.69) is 215 Å². The Labute approximate surface area is 410 Å². The van der Waals surface area contributed by atoms with Crippen molar-refractivity contribution >= 4 is 11.0 Å². The van der Waals surface area contributed by atoms with Gasteiger partial charge in [0.25, 0.3) is 0 Å². The second-order valence-corrected chi connectivity index (χ2v) is 22.1. The summed E-state index contributed by atoms with van der Waals surface area (Å²) in [5.74, 6) is -0.0954. The molecule has 0 aliphatic heterocycles. The molecule has 0 aliphatic rings. The molecule has 0 aliphatic carbocycles. The zero-order valence-electron chi connectivity index (χ0n) is 42.3. The summed E-state index contributed by atoms with van der Waals surface area (Å²) in [5.41, 5.74) is 15.6. The van der Waals surface area contributed by atoms with Crippen molar-refractivity contribution < 1.29 is 27.5 Å². The topological polar surface area (TPSA) is 50.9 Å². The summed E-state index contributed by atoms with van der Waals surface area (Å²) in [6.07, 6.45) is 1.88. The fourth-order valence-corrected chi connectivity index (χ4v) is 8.93. The molecule has 342 valence electrons. The van der Waals surface area contributed by atoms with E-state index >= 15 is 0 Å². The maximum absolute atomic E-state index is 12.5. The minimum atomic E-state index is -0.948. The van der Waals surface area contributed by atoms with Gasteiger partial charge in [-0.25, -0.2) is 4.98 Å². The van der Waals surface area contributed by atoms with Crippen molar-refractivity contribution in [1.82, 2.24) is 14.5 Å². The summed E-state index contributed by atoms with van der Waals surface area (Å²) in [6.45, 7) is 30.5. The minimum absolute atomic E-state index is 0. The number of para-hydroxylation sites is 1. The van der Waals surface area contributed by atoms with Gasteiger partial charge in [-0.05, 0) is 96.8 Å². The number of aromatic nitrogens is 3. The number of hydrogen-bond donors (Lipinski definition) is 1. The SMILES string of the molecule is [2H]C(C)(C)c1cc(-n2c(-c3cc(C(C)(C)C)cc(C(C)(C)C)c3O)nc3c(-c4[c-]c(-c5cc(-c6ccccc6)ccn5)cc(C(C)(C)C)c4)cccc32)ccc1-c1ccccc1C(C)(C)C.[Pt]. The Hall–Kier alpha value is -5.57. The fourth-order valence-electron chi connectivity index (χ4n) is 8.93. The first-order chi connectivity index (χ1) is 30.8. The van der Waals surface area contributed by atoms with Crippen LogP contribution in [0.3, 0.4) is 0 Å². The molecule has 0 bridgehead atoms. The second kappa shape index (κ2) is 17.9. The first-order valence-electron chi connectivity index (χ1n) is 23.6. The van der Waals surface area contributed by atoms with Gasteiger partial charge in [-0.3, -0.25) is 9.55 Å². The average Bonchev–Trinajstić information content (AvgIpc) is 3.64. The van der Waals surface area contributed by atoms with Gasteiger partial charge in [0.05, 0.1) is 16.6 Å². The van der Waals surface area contributed by atoms with Crippen molar-refractivity contribution in [1.29, 1.82) is 0 Å². The predicted molar refractivity (Wildman–Crippen MR) is 275 cm³/mol. The third-order valence-corrected chi connectivity index (χ3v) is 12.7. The van der Waals surface area contributed by atoms with Crippen molar-refractivity contribution in [2.24, 2.45) is 0 Å². The number of hydrogen-bond acceptors (Lipinski definition) is 3. The molecule has 4 nitrogen and oxygen atoms in total. The van der Waals surface area contributed by atoms with E-state index in [4.69, 9.17) is 9.97 Å². The molecule has 6 aromatic carbocycles.